The number of benzene rings is 1. The Hall–Kier alpha value is -1.35. The highest BCUT2D eigenvalue weighted by atomic mass is 16.4. The van der Waals surface area contributed by atoms with Crippen LogP contribution in [0.1, 0.15) is 46.7 Å². The molecule has 1 unspecified atom stereocenters. The van der Waals surface area contributed by atoms with E-state index in [1.54, 1.807) is 0 Å². The monoisotopic (exact) mass is 261 g/mol. The highest BCUT2D eigenvalue weighted by Gasteiger charge is 2.37. The van der Waals surface area contributed by atoms with Crippen molar-refractivity contribution < 1.29 is 9.90 Å². The molecule has 0 bridgehead atoms. The number of hydrogen-bond acceptors (Lipinski definition) is 2. The summed E-state index contributed by atoms with van der Waals surface area (Å²) in [6, 6.07) is 2.05. The van der Waals surface area contributed by atoms with Crippen LogP contribution in [0.25, 0.3) is 0 Å². The van der Waals surface area contributed by atoms with Crippen molar-refractivity contribution in [1.29, 1.82) is 0 Å². The largest absolute Gasteiger partial charge is 0.480 e. The minimum atomic E-state index is -0.745. The van der Waals surface area contributed by atoms with Gasteiger partial charge in [-0.3, -0.25) is 9.69 Å². The zero-order valence-electron chi connectivity index (χ0n) is 12.4. The molecule has 1 saturated carbocycles. The van der Waals surface area contributed by atoms with Gasteiger partial charge in [0.05, 0.1) is 0 Å². The molecule has 0 aromatic heterocycles. The molecule has 1 aliphatic rings. The van der Waals surface area contributed by atoms with E-state index in [0.29, 0.717) is 6.04 Å². The molecule has 0 spiro atoms. The van der Waals surface area contributed by atoms with Crippen molar-refractivity contribution in [1.82, 2.24) is 4.90 Å². The second kappa shape index (κ2) is 4.97. The highest BCUT2D eigenvalue weighted by Crippen LogP contribution is 2.36. The van der Waals surface area contributed by atoms with Crippen LogP contribution in [-0.2, 0) is 4.79 Å². The maximum Gasteiger partial charge on any atom is 0.325 e. The van der Waals surface area contributed by atoms with Crippen LogP contribution in [-0.4, -0.2) is 29.1 Å². The molecule has 0 aliphatic heterocycles. The molecule has 2 rings (SSSR count). The van der Waals surface area contributed by atoms with Crippen LogP contribution < -0.4 is 0 Å². The molecule has 0 heterocycles. The second-order valence-corrected chi connectivity index (χ2v) is 5.81. The normalized spacial score (nSPS) is 16.7. The maximum atomic E-state index is 11.8. The van der Waals surface area contributed by atoms with Crippen molar-refractivity contribution in [2.75, 3.05) is 7.05 Å². The Bertz CT molecular complexity index is 492. The van der Waals surface area contributed by atoms with Gasteiger partial charge in [0.1, 0.15) is 6.04 Å². The van der Waals surface area contributed by atoms with Crippen molar-refractivity contribution in [3.8, 4) is 0 Å². The average Bonchev–Trinajstić information content (AvgIpc) is 3.15. The van der Waals surface area contributed by atoms with E-state index in [-0.39, 0.29) is 0 Å². The fourth-order valence-corrected chi connectivity index (χ4v) is 2.85. The summed E-state index contributed by atoms with van der Waals surface area (Å²) in [5.74, 6) is -0.745. The lowest BCUT2D eigenvalue weighted by Crippen LogP contribution is -2.33. The zero-order valence-corrected chi connectivity index (χ0v) is 12.4. The SMILES string of the molecule is Cc1cc(C)c(C)c(C(C(=O)O)N(C)C2CC2)c1C. The number of aryl methyl sites for hydroxylation is 2. The maximum absolute atomic E-state index is 11.8. The van der Waals surface area contributed by atoms with Gasteiger partial charge in [0.2, 0.25) is 0 Å². The highest BCUT2D eigenvalue weighted by molar-refractivity contribution is 5.77. The van der Waals surface area contributed by atoms with E-state index in [0.717, 1.165) is 29.5 Å². The lowest BCUT2D eigenvalue weighted by atomic mass is 9.89. The van der Waals surface area contributed by atoms with Gasteiger partial charge in [0, 0.05) is 6.04 Å². The van der Waals surface area contributed by atoms with Crippen LogP contribution in [0.4, 0.5) is 0 Å². The predicted octanol–water partition coefficient (Wildman–Crippen LogP) is 3.14. The molecule has 0 radical (unpaired) electrons. The van der Waals surface area contributed by atoms with E-state index in [1.165, 1.54) is 11.1 Å². The van der Waals surface area contributed by atoms with Crippen LogP contribution in [0.2, 0.25) is 0 Å². The summed E-state index contributed by atoms with van der Waals surface area (Å²) in [5.41, 5.74) is 5.56. The lowest BCUT2D eigenvalue weighted by Gasteiger charge is -2.29. The molecule has 0 amide bonds. The van der Waals surface area contributed by atoms with Crippen LogP contribution in [0.15, 0.2) is 6.07 Å². The number of likely N-dealkylation sites (N-methyl/N-ethyl adjacent to an activating group) is 1. The fourth-order valence-electron chi connectivity index (χ4n) is 2.85. The van der Waals surface area contributed by atoms with Gasteiger partial charge in [-0.15, -0.1) is 0 Å². The number of aliphatic carboxylic acids is 1. The summed E-state index contributed by atoms with van der Waals surface area (Å²) in [5, 5.41) is 9.66. The third kappa shape index (κ3) is 2.52. The first-order chi connectivity index (χ1) is 8.84. The summed E-state index contributed by atoms with van der Waals surface area (Å²) in [4.78, 5) is 13.8. The van der Waals surface area contributed by atoms with Gasteiger partial charge in [-0.05, 0) is 75.4 Å². The standard InChI is InChI=1S/C16H23NO2/c1-9-8-10(2)12(4)14(11(9)3)15(16(18)19)17(5)13-6-7-13/h8,13,15H,6-7H2,1-5H3,(H,18,19). The van der Waals surface area contributed by atoms with E-state index in [1.807, 2.05) is 25.8 Å². The summed E-state index contributed by atoms with van der Waals surface area (Å²) < 4.78 is 0. The van der Waals surface area contributed by atoms with Crippen molar-refractivity contribution in [3.05, 3.63) is 33.9 Å². The molecule has 104 valence electrons. The minimum absolute atomic E-state index is 0.431. The number of carbonyl (C=O) groups is 1. The van der Waals surface area contributed by atoms with E-state index >= 15 is 0 Å². The third-order valence-electron chi connectivity index (χ3n) is 4.46. The first kappa shape index (κ1) is 14.1. The summed E-state index contributed by atoms with van der Waals surface area (Å²) in [7, 11) is 1.94. The van der Waals surface area contributed by atoms with Crippen LogP contribution in [0, 0.1) is 27.7 Å². The molecule has 3 nitrogen and oxygen atoms in total. The fraction of sp³-hybridized carbons (Fsp3) is 0.562. The van der Waals surface area contributed by atoms with E-state index < -0.39 is 12.0 Å². The van der Waals surface area contributed by atoms with Gasteiger partial charge in [-0.2, -0.15) is 0 Å². The smallest absolute Gasteiger partial charge is 0.325 e. The quantitative estimate of drug-likeness (QED) is 0.905. The van der Waals surface area contributed by atoms with Crippen molar-refractivity contribution in [2.45, 2.75) is 52.6 Å². The Kier molecular flexibility index (Phi) is 3.68. The third-order valence-corrected chi connectivity index (χ3v) is 4.46. The van der Waals surface area contributed by atoms with Crippen molar-refractivity contribution in [3.63, 3.8) is 0 Å². The average molecular weight is 261 g/mol. The van der Waals surface area contributed by atoms with Gasteiger partial charge in [0.15, 0.2) is 0 Å². The van der Waals surface area contributed by atoms with E-state index in [9.17, 15) is 9.90 Å². The summed E-state index contributed by atoms with van der Waals surface area (Å²) in [6.45, 7) is 8.18. The van der Waals surface area contributed by atoms with Gasteiger partial charge < -0.3 is 5.11 Å². The zero-order chi connectivity index (χ0) is 14.3. The lowest BCUT2D eigenvalue weighted by molar-refractivity contribution is -0.143. The first-order valence-corrected chi connectivity index (χ1v) is 6.86. The Morgan fingerprint density at radius 1 is 1.21 bits per heavy atom. The molecule has 1 atom stereocenters. The van der Waals surface area contributed by atoms with Crippen LogP contribution in [0.5, 0.6) is 0 Å². The Morgan fingerprint density at radius 3 is 2.05 bits per heavy atom. The Morgan fingerprint density at radius 2 is 1.68 bits per heavy atom. The number of carboxylic acid groups (broad SMARTS) is 1. The number of hydrogen-bond donors (Lipinski definition) is 1. The molecule has 1 N–H and O–H groups in total. The molecule has 1 fully saturated rings. The number of nitrogens with zero attached hydrogens (tertiary/aromatic N) is 1. The molecule has 1 aromatic rings. The minimum Gasteiger partial charge on any atom is -0.480 e. The molecule has 0 saturated heterocycles. The second-order valence-electron chi connectivity index (χ2n) is 5.81. The van der Waals surface area contributed by atoms with Crippen molar-refractivity contribution in [2.24, 2.45) is 0 Å². The number of carboxylic acids is 1. The molecule has 1 aliphatic carbocycles. The first-order valence-electron chi connectivity index (χ1n) is 6.86. The van der Waals surface area contributed by atoms with Crippen molar-refractivity contribution >= 4 is 5.97 Å². The molecule has 1 aromatic carbocycles. The van der Waals surface area contributed by atoms with Crippen LogP contribution >= 0.6 is 0 Å². The van der Waals surface area contributed by atoms with Gasteiger partial charge in [-0.25, -0.2) is 0 Å². The Labute approximate surface area is 115 Å². The molecule has 3 heteroatoms. The molecular formula is C16H23NO2. The Balaban J connectivity index is 2.55. The molecular weight excluding hydrogens is 238 g/mol. The van der Waals surface area contributed by atoms with Gasteiger partial charge in [0.25, 0.3) is 0 Å². The molecule has 19 heavy (non-hydrogen) atoms. The van der Waals surface area contributed by atoms with Gasteiger partial charge >= 0.3 is 5.97 Å². The van der Waals surface area contributed by atoms with Crippen LogP contribution in [0.3, 0.4) is 0 Å². The topological polar surface area (TPSA) is 40.5 Å². The van der Waals surface area contributed by atoms with Gasteiger partial charge in [-0.1, -0.05) is 6.07 Å². The number of rotatable bonds is 4. The predicted molar refractivity (Wildman–Crippen MR) is 76.6 cm³/mol. The summed E-state index contributed by atoms with van der Waals surface area (Å²) in [6.07, 6.45) is 2.23. The van der Waals surface area contributed by atoms with E-state index in [4.69, 9.17) is 0 Å². The van der Waals surface area contributed by atoms with E-state index in [2.05, 4.69) is 19.9 Å². The summed E-state index contributed by atoms with van der Waals surface area (Å²) >= 11 is 0.